The van der Waals surface area contributed by atoms with Gasteiger partial charge in [0.15, 0.2) is 12.3 Å². The molecule has 0 radical (unpaired) electrons. The van der Waals surface area contributed by atoms with Crippen molar-refractivity contribution in [1.82, 2.24) is 10.6 Å². The quantitative estimate of drug-likeness (QED) is 0.220. The minimum Gasteiger partial charge on any atom is -0.463 e. The van der Waals surface area contributed by atoms with Crippen LogP contribution in [0.3, 0.4) is 0 Å². The summed E-state index contributed by atoms with van der Waals surface area (Å²) in [5, 5.41) is 5.31. The molecular formula is C31H36N2O9. The molecule has 0 saturated carbocycles. The average Bonchev–Trinajstić information content (AvgIpc) is 3.30. The topological polar surface area (TPSA) is 138 Å². The first-order valence-electron chi connectivity index (χ1n) is 13.8. The van der Waals surface area contributed by atoms with E-state index in [9.17, 15) is 19.2 Å². The lowest BCUT2D eigenvalue weighted by Gasteiger charge is -2.36. The maximum absolute atomic E-state index is 12.9. The Morgan fingerprint density at radius 3 is 2.24 bits per heavy atom. The molecule has 1 fully saturated rings. The van der Waals surface area contributed by atoms with Gasteiger partial charge in [0.05, 0.1) is 18.8 Å². The Morgan fingerprint density at radius 1 is 0.952 bits per heavy atom. The van der Waals surface area contributed by atoms with Crippen LogP contribution >= 0.6 is 0 Å². The zero-order valence-corrected chi connectivity index (χ0v) is 23.7. The molecule has 2 N–H and O–H groups in total. The molecule has 0 aromatic heterocycles. The van der Waals surface area contributed by atoms with E-state index in [2.05, 4.69) is 17.2 Å². The molecule has 224 valence electrons. The highest BCUT2D eigenvalue weighted by Gasteiger charge is 2.35. The third-order valence-electron chi connectivity index (χ3n) is 7.01. The molecule has 2 aromatic carbocycles. The summed E-state index contributed by atoms with van der Waals surface area (Å²) in [7, 11) is 0. The van der Waals surface area contributed by atoms with Crippen LogP contribution in [0.4, 0.5) is 4.79 Å². The van der Waals surface area contributed by atoms with Gasteiger partial charge in [0.25, 0.3) is 0 Å². The second kappa shape index (κ2) is 14.6. The van der Waals surface area contributed by atoms with Gasteiger partial charge in [0.1, 0.15) is 19.8 Å². The number of benzene rings is 2. The highest BCUT2D eigenvalue weighted by atomic mass is 16.7. The fraction of sp³-hybridized carbons (Fsp3) is 0.419. The van der Waals surface area contributed by atoms with Crippen molar-refractivity contribution in [3.8, 4) is 11.1 Å². The van der Waals surface area contributed by atoms with Gasteiger partial charge in [-0.2, -0.15) is 0 Å². The molecule has 1 unspecified atom stereocenters. The number of esters is 2. The molecule has 0 bridgehead atoms. The zero-order valence-electron chi connectivity index (χ0n) is 23.7. The predicted octanol–water partition coefficient (Wildman–Crippen LogP) is 3.21. The van der Waals surface area contributed by atoms with Crippen LogP contribution in [0, 0.1) is 0 Å². The van der Waals surface area contributed by atoms with Gasteiger partial charge in [-0.3, -0.25) is 9.59 Å². The fourth-order valence-electron chi connectivity index (χ4n) is 5.13. The van der Waals surface area contributed by atoms with Crippen molar-refractivity contribution < 1.29 is 42.9 Å². The summed E-state index contributed by atoms with van der Waals surface area (Å²) in [6.45, 7) is 5.89. The van der Waals surface area contributed by atoms with Crippen molar-refractivity contribution in [1.29, 1.82) is 0 Å². The number of alkyl carbamates (subject to hydrolysis) is 1. The zero-order chi connectivity index (χ0) is 30.1. The Morgan fingerprint density at radius 2 is 1.62 bits per heavy atom. The smallest absolute Gasteiger partial charge is 0.407 e. The third kappa shape index (κ3) is 7.95. The van der Waals surface area contributed by atoms with E-state index in [1.54, 1.807) is 0 Å². The van der Waals surface area contributed by atoms with Gasteiger partial charge in [0, 0.05) is 19.8 Å². The largest absolute Gasteiger partial charge is 0.463 e. The van der Waals surface area contributed by atoms with Crippen molar-refractivity contribution in [3.63, 3.8) is 0 Å². The van der Waals surface area contributed by atoms with Crippen LogP contribution < -0.4 is 10.6 Å². The molecule has 1 aliphatic heterocycles. The highest BCUT2D eigenvalue weighted by Crippen LogP contribution is 2.44. The minimum absolute atomic E-state index is 0.0186. The molecule has 1 aliphatic carbocycles. The molecule has 1 saturated heterocycles. The molecule has 4 atom stereocenters. The van der Waals surface area contributed by atoms with Gasteiger partial charge >= 0.3 is 18.0 Å². The lowest BCUT2D eigenvalue weighted by molar-refractivity contribution is -0.220. The number of fused-ring (bicyclic) bond motifs is 3. The van der Waals surface area contributed by atoms with E-state index in [1.165, 1.54) is 19.9 Å². The van der Waals surface area contributed by atoms with Crippen LogP contribution in [0.25, 0.3) is 11.1 Å². The van der Waals surface area contributed by atoms with E-state index < -0.39 is 42.5 Å². The maximum Gasteiger partial charge on any atom is 0.407 e. The number of hydrogen-bond acceptors (Lipinski definition) is 9. The number of hydrogen-bond donors (Lipinski definition) is 2. The summed E-state index contributed by atoms with van der Waals surface area (Å²) in [6.07, 6.45) is 0.145. The van der Waals surface area contributed by atoms with Crippen molar-refractivity contribution >= 4 is 23.9 Å². The third-order valence-corrected chi connectivity index (χ3v) is 7.01. The Hall–Kier alpha value is -4.22. The molecule has 0 spiro atoms. The summed E-state index contributed by atoms with van der Waals surface area (Å²) >= 11 is 0. The van der Waals surface area contributed by atoms with E-state index in [0.29, 0.717) is 12.8 Å². The average molecular weight is 581 g/mol. The van der Waals surface area contributed by atoms with E-state index in [1.807, 2.05) is 48.5 Å². The second-order valence-electron chi connectivity index (χ2n) is 10.1. The number of carbonyl (C=O) groups is 4. The first-order chi connectivity index (χ1) is 20.3. The van der Waals surface area contributed by atoms with Crippen LogP contribution in [0.15, 0.2) is 61.2 Å². The maximum atomic E-state index is 12.9. The molecule has 4 rings (SSSR count). The van der Waals surface area contributed by atoms with Crippen LogP contribution in [0.1, 0.15) is 43.7 Å². The Labute approximate surface area is 244 Å². The molecule has 11 nitrogen and oxygen atoms in total. The second-order valence-corrected chi connectivity index (χ2v) is 10.1. The Kier molecular flexibility index (Phi) is 10.7. The summed E-state index contributed by atoms with van der Waals surface area (Å²) in [5.74, 6) is -1.65. The van der Waals surface area contributed by atoms with Crippen molar-refractivity contribution in [2.75, 3.05) is 26.4 Å². The molecule has 42 heavy (non-hydrogen) atoms. The predicted molar refractivity (Wildman–Crippen MR) is 151 cm³/mol. The number of rotatable bonds is 12. The summed E-state index contributed by atoms with van der Waals surface area (Å²) < 4.78 is 27.6. The van der Waals surface area contributed by atoms with E-state index in [-0.39, 0.29) is 38.3 Å². The normalized spacial score (nSPS) is 19.9. The van der Waals surface area contributed by atoms with Gasteiger partial charge in [0.2, 0.25) is 5.91 Å². The SMILES string of the molecule is C=CCOC(=O)[C@@H](CO[C@@H]1OC(COC(C)=O)CC[C@@H]1NC(C)=O)NC(=O)OCC1c2ccccc2-c2ccccc21. The highest BCUT2D eigenvalue weighted by molar-refractivity contribution is 5.82. The Bertz CT molecular complexity index is 1250. The van der Waals surface area contributed by atoms with Gasteiger partial charge in [-0.1, -0.05) is 61.2 Å². The van der Waals surface area contributed by atoms with E-state index >= 15 is 0 Å². The summed E-state index contributed by atoms with van der Waals surface area (Å²) in [4.78, 5) is 48.7. The number of ether oxygens (including phenoxy) is 5. The molecule has 1 heterocycles. The lowest BCUT2D eigenvalue weighted by Crippen LogP contribution is -2.53. The van der Waals surface area contributed by atoms with Gasteiger partial charge in [-0.05, 0) is 35.1 Å². The lowest BCUT2D eigenvalue weighted by atomic mass is 9.98. The fourth-order valence-corrected chi connectivity index (χ4v) is 5.13. The molecular weight excluding hydrogens is 544 g/mol. The van der Waals surface area contributed by atoms with Crippen LogP contribution in [-0.4, -0.2) is 74.8 Å². The first kappa shape index (κ1) is 30.7. The van der Waals surface area contributed by atoms with Crippen molar-refractivity contribution in [2.45, 2.75) is 57.1 Å². The standard InChI is InChI=1S/C31H36N2O9/c1-4-15-38-29(36)28(18-40-30-27(32-19(2)34)14-13-21(42-30)16-39-20(3)35)33-31(37)41-17-26-24-11-7-5-9-22(24)23-10-6-8-12-25(23)26/h4-12,21,26-28,30H,1,13-18H2,2-3H3,(H,32,34)(H,33,37)/t21?,27-,28+,30+/m0/s1. The van der Waals surface area contributed by atoms with E-state index in [0.717, 1.165) is 22.3 Å². The van der Waals surface area contributed by atoms with Crippen LogP contribution in [-0.2, 0) is 38.1 Å². The monoisotopic (exact) mass is 580 g/mol. The molecule has 2 aliphatic rings. The van der Waals surface area contributed by atoms with Crippen molar-refractivity contribution in [3.05, 3.63) is 72.3 Å². The number of nitrogens with one attached hydrogen (secondary N) is 2. The molecule has 11 heteroatoms. The molecule has 2 aromatic rings. The summed E-state index contributed by atoms with van der Waals surface area (Å²) in [5.41, 5.74) is 4.29. The van der Waals surface area contributed by atoms with Gasteiger partial charge in [-0.25, -0.2) is 9.59 Å². The number of amides is 2. The summed E-state index contributed by atoms with van der Waals surface area (Å²) in [6, 6.07) is 14.2. The van der Waals surface area contributed by atoms with Gasteiger partial charge < -0.3 is 34.3 Å². The van der Waals surface area contributed by atoms with Crippen LogP contribution in [0.5, 0.6) is 0 Å². The molecule has 2 amide bonds. The Balaban J connectivity index is 1.40. The minimum atomic E-state index is -1.24. The van der Waals surface area contributed by atoms with Gasteiger partial charge in [-0.15, -0.1) is 0 Å². The first-order valence-corrected chi connectivity index (χ1v) is 13.8. The number of carbonyl (C=O) groups excluding carboxylic acids is 4. The van der Waals surface area contributed by atoms with E-state index in [4.69, 9.17) is 23.7 Å². The van der Waals surface area contributed by atoms with Crippen LogP contribution in [0.2, 0.25) is 0 Å². The van der Waals surface area contributed by atoms with Crippen molar-refractivity contribution in [2.24, 2.45) is 0 Å².